The van der Waals surface area contributed by atoms with Crippen molar-refractivity contribution in [1.29, 1.82) is 0 Å². The number of hydrogen-bond donors (Lipinski definition) is 1. The zero-order valence-corrected chi connectivity index (χ0v) is 10.7. The monoisotopic (exact) mass is 230 g/mol. The van der Waals surface area contributed by atoms with E-state index in [0.29, 0.717) is 5.75 Å². The van der Waals surface area contributed by atoms with Gasteiger partial charge in [-0.3, -0.25) is 0 Å². The van der Waals surface area contributed by atoms with Crippen molar-refractivity contribution in [2.75, 3.05) is 0 Å². The summed E-state index contributed by atoms with van der Waals surface area (Å²) < 4.78 is 0. The molecular formula is C14H23NaO. The predicted molar refractivity (Wildman–Crippen MR) is 72.7 cm³/mol. The van der Waals surface area contributed by atoms with Crippen LogP contribution in [0.2, 0.25) is 0 Å². The quantitative estimate of drug-likeness (QED) is 0.678. The molecule has 0 aliphatic rings. The zero-order valence-electron chi connectivity index (χ0n) is 10.7. The second-order valence-corrected chi connectivity index (χ2v) is 6.20. The van der Waals surface area contributed by atoms with Crippen molar-refractivity contribution >= 4 is 29.6 Å². The minimum atomic E-state index is -0.00859. The molecule has 2 heteroatoms. The number of phenolic OH excluding ortho intramolecular Hbond substituents is 1. The molecule has 0 atom stereocenters. The van der Waals surface area contributed by atoms with E-state index in [1.807, 2.05) is 18.2 Å². The Kier molecular flexibility index (Phi) is 5.12. The Balaban J connectivity index is 0.00000225. The van der Waals surface area contributed by atoms with Gasteiger partial charge in [0, 0.05) is 0 Å². The molecule has 1 rings (SSSR count). The second kappa shape index (κ2) is 5.12. The van der Waals surface area contributed by atoms with Crippen LogP contribution in [-0.4, -0.2) is 34.7 Å². The molecule has 16 heavy (non-hydrogen) atoms. The summed E-state index contributed by atoms with van der Waals surface area (Å²) in [6, 6.07) is 6.04. The molecular weight excluding hydrogens is 207 g/mol. The summed E-state index contributed by atoms with van der Waals surface area (Å²) >= 11 is 0. The summed E-state index contributed by atoms with van der Waals surface area (Å²) in [5.74, 6) is 0.456. The van der Waals surface area contributed by atoms with Crippen molar-refractivity contribution in [2.45, 2.75) is 52.4 Å². The van der Waals surface area contributed by atoms with Crippen LogP contribution in [0.5, 0.6) is 5.75 Å². The van der Waals surface area contributed by atoms with Gasteiger partial charge in [-0.05, 0) is 22.0 Å². The minimum absolute atomic E-state index is 0. The van der Waals surface area contributed by atoms with E-state index in [9.17, 15) is 5.11 Å². The number of rotatable bonds is 0. The van der Waals surface area contributed by atoms with Crippen LogP contribution in [0.15, 0.2) is 18.2 Å². The molecule has 0 unspecified atom stereocenters. The van der Waals surface area contributed by atoms with Crippen molar-refractivity contribution in [3.8, 4) is 5.75 Å². The molecule has 0 saturated heterocycles. The Labute approximate surface area is 122 Å². The first-order valence-corrected chi connectivity index (χ1v) is 5.47. The molecule has 0 aliphatic heterocycles. The van der Waals surface area contributed by atoms with E-state index in [4.69, 9.17) is 0 Å². The van der Waals surface area contributed by atoms with Gasteiger partial charge in [-0.15, -0.1) is 0 Å². The van der Waals surface area contributed by atoms with Gasteiger partial charge < -0.3 is 5.11 Å². The summed E-state index contributed by atoms with van der Waals surface area (Å²) in [4.78, 5) is 0. The summed E-state index contributed by atoms with van der Waals surface area (Å²) in [5, 5.41) is 10.3. The fourth-order valence-electron chi connectivity index (χ4n) is 1.75. The Morgan fingerprint density at radius 3 is 1.38 bits per heavy atom. The molecule has 1 aromatic carbocycles. The molecule has 0 aromatic heterocycles. The molecule has 0 fully saturated rings. The van der Waals surface area contributed by atoms with Gasteiger partial charge in [0.1, 0.15) is 5.75 Å². The molecule has 0 aliphatic carbocycles. The average Bonchev–Trinajstić information content (AvgIpc) is 1.99. The molecule has 1 nitrogen and oxygen atoms in total. The van der Waals surface area contributed by atoms with Crippen LogP contribution in [0, 0.1) is 0 Å². The van der Waals surface area contributed by atoms with E-state index in [2.05, 4.69) is 41.5 Å². The molecule has 0 bridgehead atoms. The maximum absolute atomic E-state index is 10.3. The van der Waals surface area contributed by atoms with Gasteiger partial charge in [0.05, 0.1) is 0 Å². The summed E-state index contributed by atoms with van der Waals surface area (Å²) in [7, 11) is 0. The van der Waals surface area contributed by atoms with Crippen molar-refractivity contribution in [1.82, 2.24) is 0 Å². The van der Waals surface area contributed by atoms with E-state index in [0.717, 1.165) is 11.1 Å². The Morgan fingerprint density at radius 2 is 1.12 bits per heavy atom. The fraction of sp³-hybridized carbons (Fsp3) is 0.571. The number of para-hydroxylation sites is 1. The summed E-state index contributed by atoms with van der Waals surface area (Å²) in [5.41, 5.74) is 2.03. The van der Waals surface area contributed by atoms with Crippen LogP contribution in [0.4, 0.5) is 0 Å². The van der Waals surface area contributed by atoms with Crippen LogP contribution >= 0.6 is 0 Å². The van der Waals surface area contributed by atoms with Gasteiger partial charge in [0.25, 0.3) is 0 Å². The Bertz CT molecular complexity index is 324. The summed E-state index contributed by atoms with van der Waals surface area (Å²) in [6.45, 7) is 12.7. The van der Waals surface area contributed by atoms with Crippen molar-refractivity contribution in [3.05, 3.63) is 29.3 Å². The molecule has 86 valence electrons. The summed E-state index contributed by atoms with van der Waals surface area (Å²) in [6.07, 6.45) is 0. The van der Waals surface area contributed by atoms with Gasteiger partial charge in [0.2, 0.25) is 0 Å². The van der Waals surface area contributed by atoms with Crippen molar-refractivity contribution in [2.24, 2.45) is 0 Å². The van der Waals surface area contributed by atoms with Gasteiger partial charge in [0.15, 0.2) is 0 Å². The first kappa shape index (κ1) is 16.0. The molecule has 0 amide bonds. The topological polar surface area (TPSA) is 20.2 Å². The van der Waals surface area contributed by atoms with Crippen LogP contribution in [-0.2, 0) is 10.8 Å². The van der Waals surface area contributed by atoms with Crippen LogP contribution < -0.4 is 0 Å². The van der Waals surface area contributed by atoms with E-state index in [1.54, 1.807) is 0 Å². The normalized spacial score (nSPS) is 12.1. The number of hydrogen-bond acceptors (Lipinski definition) is 1. The SMILES string of the molecule is CC(C)(C)c1cccc(C(C)(C)C)c1O.[NaH]. The van der Waals surface area contributed by atoms with Gasteiger partial charge in [-0.1, -0.05) is 59.7 Å². The predicted octanol–water partition coefficient (Wildman–Crippen LogP) is 3.34. The molecule has 1 aromatic rings. The first-order chi connectivity index (χ1) is 6.64. The van der Waals surface area contributed by atoms with Crippen LogP contribution in [0.25, 0.3) is 0 Å². The fourth-order valence-corrected chi connectivity index (χ4v) is 1.75. The van der Waals surface area contributed by atoms with E-state index in [1.165, 1.54) is 0 Å². The number of benzene rings is 1. The average molecular weight is 230 g/mol. The third kappa shape index (κ3) is 3.51. The molecule has 0 heterocycles. The molecule has 0 saturated carbocycles. The van der Waals surface area contributed by atoms with Crippen molar-refractivity contribution < 1.29 is 5.11 Å². The van der Waals surface area contributed by atoms with Crippen LogP contribution in [0.3, 0.4) is 0 Å². The van der Waals surface area contributed by atoms with Crippen molar-refractivity contribution in [3.63, 3.8) is 0 Å². The van der Waals surface area contributed by atoms with E-state index in [-0.39, 0.29) is 40.4 Å². The molecule has 0 spiro atoms. The Morgan fingerprint density at radius 1 is 0.812 bits per heavy atom. The third-order valence-corrected chi connectivity index (χ3v) is 2.65. The van der Waals surface area contributed by atoms with E-state index >= 15 is 0 Å². The number of phenols is 1. The Hall–Kier alpha value is 0.0200. The molecule has 0 radical (unpaired) electrons. The van der Waals surface area contributed by atoms with Gasteiger partial charge in [-0.25, -0.2) is 0 Å². The maximum atomic E-state index is 10.3. The molecule has 1 N–H and O–H groups in total. The standard InChI is InChI=1S/C14H22O.Na.H/c1-13(2,3)10-8-7-9-11(12(10)15)14(4,5)6;;/h7-9,15H,1-6H3;;. The zero-order chi connectivity index (χ0) is 11.9. The van der Waals surface area contributed by atoms with E-state index < -0.39 is 0 Å². The first-order valence-electron chi connectivity index (χ1n) is 5.47. The van der Waals surface area contributed by atoms with Gasteiger partial charge >= 0.3 is 29.6 Å². The van der Waals surface area contributed by atoms with Gasteiger partial charge in [-0.2, -0.15) is 0 Å². The third-order valence-electron chi connectivity index (χ3n) is 2.65. The van der Waals surface area contributed by atoms with Crippen LogP contribution in [0.1, 0.15) is 52.7 Å². The number of aromatic hydroxyl groups is 1. The second-order valence-electron chi connectivity index (χ2n) is 6.20.